The molecule has 0 unspecified atom stereocenters. The average molecular weight is 321 g/mol. The Balaban J connectivity index is 2.39. The first-order valence-electron chi connectivity index (χ1n) is 6.81. The molecular formula is C14H21F2NO3S. The van der Waals surface area contributed by atoms with E-state index in [-0.39, 0.29) is 11.0 Å². The Labute approximate surface area is 124 Å². The van der Waals surface area contributed by atoms with Gasteiger partial charge in [-0.3, -0.25) is 0 Å². The zero-order chi connectivity index (χ0) is 15.9. The zero-order valence-electron chi connectivity index (χ0n) is 12.2. The number of rotatable bonds is 9. The summed E-state index contributed by atoms with van der Waals surface area (Å²) in [5.74, 6) is -3.39. The number of sulfone groups is 1. The smallest absolute Gasteiger partial charge is 0.341 e. The number of unbranched alkanes of at least 4 members (excludes halogenated alkanes) is 1. The number of anilines is 1. The van der Waals surface area contributed by atoms with Crippen LogP contribution in [0.25, 0.3) is 0 Å². The van der Waals surface area contributed by atoms with E-state index in [0.29, 0.717) is 18.8 Å². The van der Waals surface area contributed by atoms with E-state index in [1.807, 2.05) is 13.8 Å². The van der Waals surface area contributed by atoms with Crippen LogP contribution in [-0.2, 0) is 14.6 Å². The molecule has 0 fully saturated rings. The predicted molar refractivity (Wildman–Crippen MR) is 78.4 cm³/mol. The predicted octanol–water partition coefficient (Wildman–Crippen LogP) is 3.30. The zero-order valence-corrected chi connectivity index (χ0v) is 13.0. The molecule has 0 heterocycles. The van der Waals surface area contributed by atoms with E-state index in [1.165, 1.54) is 24.3 Å². The van der Waals surface area contributed by atoms with Gasteiger partial charge in [0.2, 0.25) is 9.84 Å². The number of nitrogens with one attached hydrogen (secondary N) is 1. The van der Waals surface area contributed by atoms with Crippen molar-refractivity contribution in [1.82, 2.24) is 0 Å². The van der Waals surface area contributed by atoms with E-state index < -0.39 is 15.6 Å². The summed E-state index contributed by atoms with van der Waals surface area (Å²) in [5.41, 5.74) is 0.702. The molecule has 120 valence electrons. The highest BCUT2D eigenvalue weighted by Gasteiger charge is 2.26. The third-order valence-electron chi connectivity index (χ3n) is 2.77. The lowest BCUT2D eigenvalue weighted by Gasteiger charge is -2.09. The topological polar surface area (TPSA) is 55.4 Å². The first-order valence-corrected chi connectivity index (χ1v) is 8.36. The highest BCUT2D eigenvalue weighted by atomic mass is 32.2. The maximum atomic E-state index is 12.4. The van der Waals surface area contributed by atoms with E-state index >= 15 is 0 Å². The van der Waals surface area contributed by atoms with Crippen LogP contribution >= 0.6 is 0 Å². The lowest BCUT2D eigenvalue weighted by Crippen LogP contribution is -2.11. The van der Waals surface area contributed by atoms with Crippen LogP contribution < -0.4 is 5.32 Å². The molecule has 0 radical (unpaired) electrons. The molecule has 4 nitrogen and oxygen atoms in total. The molecule has 0 aliphatic heterocycles. The lowest BCUT2D eigenvalue weighted by atomic mass is 10.3. The second-order valence-corrected chi connectivity index (χ2v) is 6.80. The lowest BCUT2D eigenvalue weighted by molar-refractivity contribution is 0.0765. The van der Waals surface area contributed by atoms with Crippen LogP contribution in [0.5, 0.6) is 0 Å². The number of halogens is 2. The van der Waals surface area contributed by atoms with E-state index in [2.05, 4.69) is 5.32 Å². The molecule has 1 N–H and O–H groups in total. The fourth-order valence-corrected chi connectivity index (χ4v) is 2.37. The molecule has 0 spiro atoms. The Kier molecular flexibility index (Phi) is 7.04. The number of hydrogen-bond donors (Lipinski definition) is 1. The summed E-state index contributed by atoms with van der Waals surface area (Å²) in [7, 11) is -4.51. The van der Waals surface area contributed by atoms with Crippen LogP contribution in [-0.4, -0.2) is 33.4 Å². The van der Waals surface area contributed by atoms with Gasteiger partial charge in [-0.1, -0.05) is 0 Å². The molecule has 0 bridgehead atoms. The molecule has 7 heteroatoms. The SMILES string of the molecule is CC(C)OCCCCNc1ccc(S(=O)(=O)C(F)F)cc1. The molecular weight excluding hydrogens is 300 g/mol. The van der Waals surface area contributed by atoms with Crippen LogP contribution in [0.3, 0.4) is 0 Å². The minimum absolute atomic E-state index is 0.224. The van der Waals surface area contributed by atoms with Crippen molar-refractivity contribution in [3.8, 4) is 0 Å². The van der Waals surface area contributed by atoms with Crippen LogP contribution in [0, 0.1) is 0 Å². The molecule has 0 saturated heterocycles. The minimum Gasteiger partial charge on any atom is -0.385 e. The maximum Gasteiger partial charge on any atom is 0.341 e. The molecule has 0 aliphatic rings. The number of hydrogen-bond acceptors (Lipinski definition) is 4. The Hall–Kier alpha value is -1.21. The quantitative estimate of drug-likeness (QED) is 0.709. The Morgan fingerprint density at radius 1 is 1.14 bits per heavy atom. The highest BCUT2D eigenvalue weighted by molar-refractivity contribution is 7.91. The van der Waals surface area contributed by atoms with E-state index in [1.54, 1.807) is 0 Å². The summed E-state index contributed by atoms with van der Waals surface area (Å²) in [6.45, 7) is 5.37. The summed E-state index contributed by atoms with van der Waals surface area (Å²) in [4.78, 5) is -0.367. The largest absolute Gasteiger partial charge is 0.385 e. The van der Waals surface area contributed by atoms with Gasteiger partial charge in [0.05, 0.1) is 11.0 Å². The Morgan fingerprint density at radius 3 is 2.29 bits per heavy atom. The average Bonchev–Trinajstić information content (AvgIpc) is 2.42. The van der Waals surface area contributed by atoms with Gasteiger partial charge in [-0.2, -0.15) is 8.78 Å². The van der Waals surface area contributed by atoms with Gasteiger partial charge in [0.25, 0.3) is 0 Å². The molecule has 0 atom stereocenters. The molecule has 1 aromatic rings. The van der Waals surface area contributed by atoms with Gasteiger partial charge < -0.3 is 10.1 Å². The molecule has 0 aromatic heterocycles. The Bertz CT molecular complexity index is 516. The minimum atomic E-state index is -4.51. The van der Waals surface area contributed by atoms with Gasteiger partial charge in [-0.05, 0) is 51.0 Å². The van der Waals surface area contributed by atoms with E-state index in [9.17, 15) is 17.2 Å². The van der Waals surface area contributed by atoms with E-state index in [0.717, 1.165) is 12.8 Å². The third-order valence-corrected chi connectivity index (χ3v) is 4.17. The number of alkyl halides is 2. The van der Waals surface area contributed by atoms with Crippen molar-refractivity contribution in [2.75, 3.05) is 18.5 Å². The van der Waals surface area contributed by atoms with Crippen molar-refractivity contribution < 1.29 is 21.9 Å². The van der Waals surface area contributed by atoms with E-state index in [4.69, 9.17) is 4.74 Å². The van der Waals surface area contributed by atoms with Crippen LogP contribution in [0.4, 0.5) is 14.5 Å². The molecule has 21 heavy (non-hydrogen) atoms. The first kappa shape index (κ1) is 17.8. The van der Waals surface area contributed by atoms with Gasteiger partial charge in [-0.25, -0.2) is 8.42 Å². The molecule has 1 aromatic carbocycles. The molecule has 0 saturated carbocycles. The molecule has 0 aliphatic carbocycles. The summed E-state index contributed by atoms with van der Waals surface area (Å²) < 4.78 is 52.6. The fourth-order valence-electron chi connectivity index (χ4n) is 1.64. The number of ether oxygens (including phenoxy) is 1. The van der Waals surface area contributed by atoms with Gasteiger partial charge in [0.1, 0.15) is 0 Å². The molecule has 0 amide bonds. The van der Waals surface area contributed by atoms with Crippen molar-refractivity contribution in [3.63, 3.8) is 0 Å². The van der Waals surface area contributed by atoms with Crippen molar-refractivity contribution in [2.45, 2.75) is 43.4 Å². The summed E-state index contributed by atoms with van der Waals surface area (Å²) in [6.07, 6.45) is 2.05. The van der Waals surface area contributed by atoms with Crippen LogP contribution in [0.2, 0.25) is 0 Å². The normalized spacial score (nSPS) is 12.1. The summed E-state index contributed by atoms with van der Waals surface area (Å²) >= 11 is 0. The van der Waals surface area contributed by atoms with Crippen LogP contribution in [0.15, 0.2) is 29.2 Å². The maximum absolute atomic E-state index is 12.4. The summed E-state index contributed by atoms with van der Waals surface area (Å²) in [5, 5.41) is 3.10. The van der Waals surface area contributed by atoms with Crippen LogP contribution in [0.1, 0.15) is 26.7 Å². The first-order chi connectivity index (χ1) is 9.84. The monoisotopic (exact) mass is 321 g/mol. The fraction of sp³-hybridized carbons (Fsp3) is 0.571. The van der Waals surface area contributed by atoms with Crippen molar-refractivity contribution in [1.29, 1.82) is 0 Å². The van der Waals surface area contributed by atoms with Gasteiger partial charge in [0, 0.05) is 18.8 Å². The standard InChI is InChI=1S/C14H21F2NO3S/c1-11(2)20-10-4-3-9-17-12-5-7-13(8-6-12)21(18,19)14(15)16/h5-8,11,14,17H,3-4,9-10H2,1-2H3. The van der Waals surface area contributed by atoms with Gasteiger partial charge in [0.15, 0.2) is 0 Å². The number of benzene rings is 1. The van der Waals surface area contributed by atoms with Crippen molar-refractivity contribution >= 4 is 15.5 Å². The highest BCUT2D eigenvalue weighted by Crippen LogP contribution is 2.20. The third kappa shape index (κ3) is 5.97. The Morgan fingerprint density at radius 2 is 1.76 bits per heavy atom. The van der Waals surface area contributed by atoms with Crippen molar-refractivity contribution in [2.24, 2.45) is 0 Å². The van der Waals surface area contributed by atoms with Gasteiger partial charge >= 0.3 is 5.76 Å². The van der Waals surface area contributed by atoms with Gasteiger partial charge in [-0.15, -0.1) is 0 Å². The molecule has 1 rings (SSSR count). The summed E-state index contributed by atoms with van der Waals surface area (Å²) in [6, 6.07) is 5.34. The van der Waals surface area contributed by atoms with Crippen molar-refractivity contribution in [3.05, 3.63) is 24.3 Å². The second kappa shape index (κ2) is 8.29. The second-order valence-electron chi connectivity index (χ2n) is 4.88.